The lowest BCUT2D eigenvalue weighted by atomic mass is 10.3. The lowest BCUT2D eigenvalue weighted by Gasteiger charge is -2.09. The Hall–Kier alpha value is -3.19. The molecule has 2 amide bonds. The second kappa shape index (κ2) is 7.59. The predicted octanol–water partition coefficient (Wildman–Crippen LogP) is 4.66. The molecular formula is C17H13ClFN5O. The number of para-hydroxylation sites is 1. The Bertz CT molecular complexity index is 905. The van der Waals surface area contributed by atoms with Crippen LogP contribution in [0.2, 0.25) is 5.02 Å². The molecule has 3 rings (SSSR count). The molecule has 0 aliphatic rings. The van der Waals surface area contributed by atoms with Crippen LogP contribution >= 0.6 is 11.6 Å². The zero-order chi connectivity index (χ0) is 17.6. The summed E-state index contributed by atoms with van der Waals surface area (Å²) in [6.07, 6.45) is 1.30. The molecule has 25 heavy (non-hydrogen) atoms. The number of aromatic nitrogens is 2. The molecule has 2 aromatic carbocycles. The van der Waals surface area contributed by atoms with E-state index in [0.29, 0.717) is 10.8 Å². The summed E-state index contributed by atoms with van der Waals surface area (Å²) < 4.78 is 13.5. The van der Waals surface area contributed by atoms with Crippen LogP contribution in [0, 0.1) is 5.82 Å². The van der Waals surface area contributed by atoms with Crippen LogP contribution in [0.3, 0.4) is 0 Å². The van der Waals surface area contributed by atoms with Gasteiger partial charge in [0.1, 0.15) is 23.8 Å². The van der Waals surface area contributed by atoms with Crippen LogP contribution in [0.1, 0.15) is 0 Å². The van der Waals surface area contributed by atoms with E-state index in [9.17, 15) is 9.18 Å². The average molecular weight is 358 g/mol. The quantitative estimate of drug-likeness (QED) is 0.634. The number of urea groups is 1. The molecule has 1 heterocycles. The first-order valence-corrected chi connectivity index (χ1v) is 7.65. The minimum Gasteiger partial charge on any atom is -0.340 e. The predicted molar refractivity (Wildman–Crippen MR) is 95.8 cm³/mol. The van der Waals surface area contributed by atoms with Gasteiger partial charge in [-0.25, -0.2) is 19.2 Å². The van der Waals surface area contributed by atoms with Crippen molar-refractivity contribution in [2.24, 2.45) is 0 Å². The Morgan fingerprint density at radius 3 is 2.56 bits per heavy atom. The summed E-state index contributed by atoms with van der Waals surface area (Å²) >= 11 is 5.93. The van der Waals surface area contributed by atoms with Crippen LogP contribution in [0.25, 0.3) is 0 Å². The lowest BCUT2D eigenvalue weighted by Crippen LogP contribution is -2.20. The number of nitrogens with one attached hydrogen (secondary N) is 3. The third-order valence-corrected chi connectivity index (χ3v) is 3.36. The zero-order valence-corrected chi connectivity index (χ0v) is 13.6. The Kier molecular flexibility index (Phi) is 5.06. The van der Waals surface area contributed by atoms with E-state index in [2.05, 4.69) is 25.9 Å². The number of carbonyl (C=O) groups is 1. The number of benzene rings is 2. The van der Waals surface area contributed by atoms with Crippen molar-refractivity contribution >= 4 is 40.6 Å². The second-order valence-electron chi connectivity index (χ2n) is 4.98. The molecule has 0 saturated carbocycles. The van der Waals surface area contributed by atoms with Gasteiger partial charge < -0.3 is 10.6 Å². The summed E-state index contributed by atoms with van der Waals surface area (Å²) in [5.74, 6) is 0.204. The van der Waals surface area contributed by atoms with Crippen molar-refractivity contribution < 1.29 is 9.18 Å². The molecular weight excluding hydrogens is 345 g/mol. The van der Waals surface area contributed by atoms with Crippen LogP contribution in [0.15, 0.2) is 60.9 Å². The maximum atomic E-state index is 13.5. The summed E-state index contributed by atoms with van der Waals surface area (Å²) in [5, 5.41) is 8.57. The molecule has 8 heteroatoms. The van der Waals surface area contributed by atoms with Gasteiger partial charge in [-0.2, -0.15) is 0 Å². The van der Waals surface area contributed by atoms with Gasteiger partial charge in [-0.3, -0.25) is 5.32 Å². The van der Waals surface area contributed by atoms with E-state index in [0.717, 1.165) is 5.69 Å². The van der Waals surface area contributed by atoms with Gasteiger partial charge in [-0.05, 0) is 30.3 Å². The zero-order valence-electron chi connectivity index (χ0n) is 12.8. The first-order valence-electron chi connectivity index (χ1n) is 7.27. The Morgan fingerprint density at radius 1 is 0.960 bits per heavy atom. The normalized spacial score (nSPS) is 10.2. The minimum absolute atomic E-state index is 0.0753. The van der Waals surface area contributed by atoms with E-state index in [1.807, 2.05) is 6.07 Å². The molecule has 0 saturated heterocycles. The van der Waals surface area contributed by atoms with Gasteiger partial charge in [0.2, 0.25) is 0 Å². The standard InChI is InChI=1S/C17H13ClFN5O/c18-11-4-3-5-12(8-11)22-15-9-16(21-10-20-15)24-17(25)23-14-7-2-1-6-13(14)19/h1-10H,(H3,20,21,22,23,24,25). The SMILES string of the molecule is O=C(Nc1cc(Nc2cccc(Cl)c2)ncn1)Nc1ccccc1F. The van der Waals surface area contributed by atoms with E-state index in [1.165, 1.54) is 24.5 Å². The number of hydrogen-bond acceptors (Lipinski definition) is 4. The highest BCUT2D eigenvalue weighted by Gasteiger charge is 2.08. The van der Waals surface area contributed by atoms with Gasteiger partial charge in [0, 0.05) is 16.8 Å². The topological polar surface area (TPSA) is 78.9 Å². The van der Waals surface area contributed by atoms with Crippen LogP contribution in [0.4, 0.5) is 32.2 Å². The fraction of sp³-hybridized carbons (Fsp3) is 0. The summed E-state index contributed by atoms with van der Waals surface area (Å²) in [6, 6.07) is 13.9. The molecule has 126 valence electrons. The molecule has 0 atom stereocenters. The molecule has 0 fully saturated rings. The number of anilines is 4. The van der Waals surface area contributed by atoms with Gasteiger partial charge in [0.05, 0.1) is 5.69 Å². The van der Waals surface area contributed by atoms with E-state index in [1.54, 1.807) is 30.3 Å². The summed E-state index contributed by atoms with van der Waals surface area (Å²) in [5.41, 5.74) is 0.819. The average Bonchev–Trinajstić information content (AvgIpc) is 2.57. The highest BCUT2D eigenvalue weighted by molar-refractivity contribution is 6.30. The monoisotopic (exact) mass is 357 g/mol. The number of carbonyl (C=O) groups excluding carboxylic acids is 1. The van der Waals surface area contributed by atoms with Crippen molar-refractivity contribution in [3.8, 4) is 0 Å². The molecule has 0 aliphatic heterocycles. The highest BCUT2D eigenvalue weighted by Crippen LogP contribution is 2.20. The lowest BCUT2D eigenvalue weighted by molar-refractivity contribution is 0.262. The fourth-order valence-electron chi connectivity index (χ4n) is 2.04. The Balaban J connectivity index is 1.67. The van der Waals surface area contributed by atoms with Crippen molar-refractivity contribution in [2.45, 2.75) is 0 Å². The van der Waals surface area contributed by atoms with Crippen LogP contribution in [-0.2, 0) is 0 Å². The van der Waals surface area contributed by atoms with Crippen molar-refractivity contribution in [3.05, 3.63) is 71.8 Å². The molecule has 1 aromatic heterocycles. The second-order valence-corrected chi connectivity index (χ2v) is 5.42. The van der Waals surface area contributed by atoms with Gasteiger partial charge in [0.25, 0.3) is 0 Å². The van der Waals surface area contributed by atoms with Crippen molar-refractivity contribution in [1.29, 1.82) is 0 Å². The maximum Gasteiger partial charge on any atom is 0.324 e. The van der Waals surface area contributed by atoms with Crippen molar-refractivity contribution in [3.63, 3.8) is 0 Å². The number of nitrogens with zero attached hydrogens (tertiary/aromatic N) is 2. The van der Waals surface area contributed by atoms with Crippen LogP contribution in [-0.4, -0.2) is 16.0 Å². The number of halogens is 2. The van der Waals surface area contributed by atoms with E-state index in [-0.39, 0.29) is 11.5 Å². The molecule has 3 N–H and O–H groups in total. The van der Waals surface area contributed by atoms with Crippen molar-refractivity contribution in [2.75, 3.05) is 16.0 Å². The molecule has 0 unspecified atom stereocenters. The Morgan fingerprint density at radius 2 is 1.76 bits per heavy atom. The summed E-state index contributed by atoms with van der Waals surface area (Å²) in [4.78, 5) is 20.0. The molecule has 0 radical (unpaired) electrons. The van der Waals surface area contributed by atoms with E-state index < -0.39 is 11.8 Å². The molecule has 0 spiro atoms. The highest BCUT2D eigenvalue weighted by atomic mass is 35.5. The summed E-state index contributed by atoms with van der Waals surface area (Å²) in [6.45, 7) is 0. The molecule has 0 bridgehead atoms. The Labute approximate surface area is 148 Å². The third kappa shape index (κ3) is 4.65. The maximum absolute atomic E-state index is 13.5. The fourth-order valence-corrected chi connectivity index (χ4v) is 2.23. The first kappa shape index (κ1) is 16.7. The van der Waals surface area contributed by atoms with E-state index in [4.69, 9.17) is 11.6 Å². The smallest absolute Gasteiger partial charge is 0.324 e. The molecule has 0 aliphatic carbocycles. The van der Waals surface area contributed by atoms with Gasteiger partial charge in [-0.1, -0.05) is 29.8 Å². The van der Waals surface area contributed by atoms with Crippen molar-refractivity contribution in [1.82, 2.24) is 9.97 Å². The van der Waals surface area contributed by atoms with Gasteiger partial charge in [-0.15, -0.1) is 0 Å². The third-order valence-electron chi connectivity index (χ3n) is 3.13. The minimum atomic E-state index is -0.613. The van der Waals surface area contributed by atoms with Gasteiger partial charge >= 0.3 is 6.03 Å². The summed E-state index contributed by atoms with van der Waals surface area (Å²) in [7, 11) is 0. The first-order chi connectivity index (χ1) is 12.1. The number of rotatable bonds is 4. The van der Waals surface area contributed by atoms with Gasteiger partial charge in [0.15, 0.2) is 0 Å². The molecule has 6 nitrogen and oxygen atoms in total. The number of amides is 2. The molecule has 3 aromatic rings. The largest absolute Gasteiger partial charge is 0.340 e. The van der Waals surface area contributed by atoms with Crippen LogP contribution in [0.5, 0.6) is 0 Å². The van der Waals surface area contributed by atoms with E-state index >= 15 is 0 Å². The van der Waals surface area contributed by atoms with Crippen LogP contribution < -0.4 is 16.0 Å². The number of hydrogen-bond donors (Lipinski definition) is 3.